The zero-order chi connectivity index (χ0) is 20.3. The largest absolute Gasteiger partial charge is 0.344 e. The molecule has 0 unspecified atom stereocenters. The molecule has 1 heterocycles. The summed E-state index contributed by atoms with van der Waals surface area (Å²) in [6.07, 6.45) is 0. The highest BCUT2D eigenvalue weighted by atomic mass is 16.2. The predicted octanol–water partition coefficient (Wildman–Crippen LogP) is 2.09. The van der Waals surface area contributed by atoms with Crippen LogP contribution in [0, 0.1) is 0 Å². The van der Waals surface area contributed by atoms with Crippen molar-refractivity contribution in [3.05, 3.63) is 71.8 Å². The number of nitrogens with one attached hydrogen (secondary N) is 1. The fraction of sp³-hybridized carbons (Fsp3) is 0.238. The van der Waals surface area contributed by atoms with Crippen molar-refractivity contribution in [3.8, 4) is 0 Å². The van der Waals surface area contributed by atoms with Crippen LogP contribution in [0.5, 0.6) is 0 Å². The topological polar surface area (TPSA) is 86.8 Å². The monoisotopic (exact) mass is 379 g/mol. The van der Waals surface area contributed by atoms with Gasteiger partial charge in [0.15, 0.2) is 0 Å². The van der Waals surface area contributed by atoms with Gasteiger partial charge in [-0.3, -0.25) is 19.3 Å². The molecule has 1 saturated heterocycles. The molecule has 1 N–H and O–H groups in total. The maximum atomic E-state index is 12.6. The van der Waals surface area contributed by atoms with Crippen molar-refractivity contribution in [3.63, 3.8) is 0 Å². The number of carbonyl (C=O) groups excluding carboxylic acids is 4. The van der Waals surface area contributed by atoms with Gasteiger partial charge in [-0.05, 0) is 25.0 Å². The van der Waals surface area contributed by atoms with Gasteiger partial charge < -0.3 is 5.32 Å². The average molecular weight is 379 g/mol. The first-order valence-electron chi connectivity index (χ1n) is 8.98. The quantitative estimate of drug-likeness (QED) is 0.615. The molecule has 28 heavy (non-hydrogen) atoms. The van der Waals surface area contributed by atoms with E-state index in [1.54, 1.807) is 13.8 Å². The van der Waals surface area contributed by atoms with Crippen LogP contribution in [-0.2, 0) is 14.4 Å². The summed E-state index contributed by atoms with van der Waals surface area (Å²) in [6.45, 7) is 2.75. The van der Waals surface area contributed by atoms with Gasteiger partial charge in [-0.2, -0.15) is 0 Å². The molecule has 3 rings (SSSR count). The molecule has 5 amide bonds. The lowest BCUT2D eigenvalue weighted by atomic mass is 9.99. The lowest BCUT2D eigenvalue weighted by Crippen LogP contribution is -2.43. The first-order valence-corrected chi connectivity index (χ1v) is 8.98. The molecular formula is C21H21N3O4. The molecule has 0 aliphatic carbocycles. The molecular weight excluding hydrogens is 358 g/mol. The minimum absolute atomic E-state index is 0.445. The Balaban J connectivity index is 1.79. The van der Waals surface area contributed by atoms with E-state index in [1.807, 2.05) is 60.7 Å². The van der Waals surface area contributed by atoms with Crippen molar-refractivity contribution in [2.24, 2.45) is 0 Å². The van der Waals surface area contributed by atoms with Gasteiger partial charge in [-0.1, -0.05) is 60.7 Å². The highest BCUT2D eigenvalue weighted by molar-refractivity contribution is 6.45. The number of rotatable bonds is 6. The summed E-state index contributed by atoms with van der Waals surface area (Å²) in [5, 5.41) is 2.86. The van der Waals surface area contributed by atoms with E-state index in [9.17, 15) is 19.2 Å². The Kier molecular flexibility index (Phi) is 5.54. The summed E-state index contributed by atoms with van der Waals surface area (Å²) >= 11 is 0. The zero-order valence-corrected chi connectivity index (χ0v) is 15.7. The molecule has 144 valence electrons. The van der Waals surface area contributed by atoms with Crippen LogP contribution in [0.2, 0.25) is 0 Å². The highest BCUT2D eigenvalue weighted by Crippen LogP contribution is 2.22. The Morgan fingerprint density at radius 3 is 1.79 bits per heavy atom. The Morgan fingerprint density at radius 1 is 0.857 bits per heavy atom. The van der Waals surface area contributed by atoms with E-state index in [2.05, 4.69) is 5.32 Å². The molecule has 0 bridgehead atoms. The van der Waals surface area contributed by atoms with Crippen LogP contribution in [0.1, 0.15) is 31.0 Å². The van der Waals surface area contributed by atoms with Crippen LogP contribution < -0.4 is 5.32 Å². The number of urea groups is 1. The molecule has 1 fully saturated rings. The van der Waals surface area contributed by atoms with Crippen molar-refractivity contribution in [1.29, 1.82) is 0 Å². The number of benzene rings is 2. The number of hydrogen-bond donors (Lipinski definition) is 1. The van der Waals surface area contributed by atoms with Crippen molar-refractivity contribution in [1.82, 2.24) is 15.1 Å². The van der Waals surface area contributed by atoms with Crippen molar-refractivity contribution < 1.29 is 19.2 Å². The van der Waals surface area contributed by atoms with E-state index in [0.717, 1.165) is 16.0 Å². The molecule has 0 atom stereocenters. The fourth-order valence-electron chi connectivity index (χ4n) is 3.12. The summed E-state index contributed by atoms with van der Waals surface area (Å²) in [5.41, 5.74) is 1.72. The summed E-state index contributed by atoms with van der Waals surface area (Å²) in [6, 6.07) is 17.1. The normalized spacial score (nSPS) is 14.4. The molecule has 7 nitrogen and oxygen atoms in total. The molecule has 7 heteroatoms. The SMILES string of the molecule is CC(C)N1C(=O)C(=O)N(CC(=O)NC(c2ccccc2)c2ccccc2)C1=O. The second kappa shape index (κ2) is 8.04. The Hall–Kier alpha value is -3.48. The van der Waals surface area contributed by atoms with Crippen LogP contribution in [0.4, 0.5) is 4.79 Å². The third-order valence-electron chi connectivity index (χ3n) is 4.47. The average Bonchev–Trinajstić information content (AvgIpc) is 2.90. The zero-order valence-electron chi connectivity index (χ0n) is 15.7. The molecule has 1 aliphatic rings. The second-order valence-electron chi connectivity index (χ2n) is 6.76. The van der Waals surface area contributed by atoms with Crippen LogP contribution in [0.25, 0.3) is 0 Å². The van der Waals surface area contributed by atoms with Crippen molar-refractivity contribution in [2.75, 3.05) is 6.54 Å². The van der Waals surface area contributed by atoms with Gasteiger partial charge in [0, 0.05) is 6.04 Å². The maximum Gasteiger partial charge on any atom is 0.334 e. The lowest BCUT2D eigenvalue weighted by molar-refractivity contribution is -0.144. The molecule has 2 aromatic carbocycles. The first kappa shape index (κ1) is 19.3. The molecule has 1 aliphatic heterocycles. The van der Waals surface area contributed by atoms with E-state index in [0.29, 0.717) is 4.90 Å². The third kappa shape index (κ3) is 3.78. The van der Waals surface area contributed by atoms with Gasteiger partial charge in [-0.25, -0.2) is 9.69 Å². The molecule has 0 saturated carbocycles. The minimum Gasteiger partial charge on any atom is -0.344 e. The maximum absolute atomic E-state index is 12.6. The van der Waals surface area contributed by atoms with Gasteiger partial charge in [0.05, 0.1) is 6.04 Å². The van der Waals surface area contributed by atoms with Crippen LogP contribution in [-0.4, -0.2) is 46.1 Å². The van der Waals surface area contributed by atoms with Crippen molar-refractivity contribution >= 4 is 23.8 Å². The van der Waals surface area contributed by atoms with E-state index < -0.39 is 42.4 Å². The Bertz CT molecular complexity index is 857. The van der Waals surface area contributed by atoms with Gasteiger partial charge in [0.2, 0.25) is 5.91 Å². The van der Waals surface area contributed by atoms with Gasteiger partial charge in [-0.15, -0.1) is 0 Å². The van der Waals surface area contributed by atoms with Crippen LogP contribution in [0.3, 0.4) is 0 Å². The number of imide groups is 2. The summed E-state index contributed by atoms with van der Waals surface area (Å²) in [4.78, 5) is 50.7. The number of nitrogens with zero attached hydrogens (tertiary/aromatic N) is 2. The van der Waals surface area contributed by atoms with Gasteiger partial charge in [0.1, 0.15) is 6.54 Å². The van der Waals surface area contributed by atoms with E-state index in [4.69, 9.17) is 0 Å². The van der Waals surface area contributed by atoms with E-state index in [-0.39, 0.29) is 0 Å². The molecule has 0 radical (unpaired) electrons. The standard InChI is InChI=1S/C21H21N3O4/c1-14(2)24-20(27)19(26)23(21(24)28)13-17(25)22-18(15-9-5-3-6-10-15)16-11-7-4-8-12-16/h3-12,14,18H,13H2,1-2H3,(H,22,25). The summed E-state index contributed by atoms with van der Waals surface area (Å²) < 4.78 is 0. The van der Waals surface area contributed by atoms with Crippen LogP contribution in [0.15, 0.2) is 60.7 Å². The van der Waals surface area contributed by atoms with Crippen LogP contribution >= 0.6 is 0 Å². The highest BCUT2D eigenvalue weighted by Gasteiger charge is 2.46. The second-order valence-corrected chi connectivity index (χ2v) is 6.76. The lowest BCUT2D eigenvalue weighted by Gasteiger charge is -2.22. The predicted molar refractivity (Wildman–Crippen MR) is 102 cm³/mol. The number of amides is 5. The van der Waals surface area contributed by atoms with E-state index >= 15 is 0 Å². The summed E-state index contributed by atoms with van der Waals surface area (Å²) in [7, 11) is 0. The van der Waals surface area contributed by atoms with Crippen molar-refractivity contribution in [2.45, 2.75) is 25.9 Å². The molecule has 0 spiro atoms. The minimum atomic E-state index is -0.982. The number of hydrogen-bond acceptors (Lipinski definition) is 4. The Labute approximate surface area is 162 Å². The molecule has 0 aromatic heterocycles. The smallest absolute Gasteiger partial charge is 0.334 e. The van der Waals surface area contributed by atoms with Gasteiger partial charge >= 0.3 is 17.8 Å². The third-order valence-corrected chi connectivity index (χ3v) is 4.47. The first-order chi connectivity index (χ1) is 13.4. The van der Waals surface area contributed by atoms with E-state index in [1.165, 1.54) is 0 Å². The number of carbonyl (C=O) groups is 4. The van der Waals surface area contributed by atoms with Gasteiger partial charge in [0.25, 0.3) is 0 Å². The Morgan fingerprint density at radius 2 is 1.36 bits per heavy atom. The summed E-state index contributed by atoms with van der Waals surface area (Å²) in [5.74, 6) is -2.42. The fourth-order valence-corrected chi connectivity index (χ4v) is 3.12. The molecule has 2 aromatic rings.